The molecule has 7 nitrogen and oxygen atoms in total. The number of benzene rings is 1. The Bertz CT molecular complexity index is 515. The van der Waals surface area contributed by atoms with Gasteiger partial charge in [-0.2, -0.15) is 0 Å². The molecule has 1 aliphatic rings. The maximum absolute atomic E-state index is 12.0. The Morgan fingerprint density at radius 1 is 1.38 bits per heavy atom. The third kappa shape index (κ3) is 3.77. The summed E-state index contributed by atoms with van der Waals surface area (Å²) in [5.74, 6) is 0.0668. The molecule has 114 valence electrons. The van der Waals surface area contributed by atoms with Crippen LogP contribution in [0.1, 0.15) is 18.2 Å². The number of nitrogens with zero attached hydrogens (tertiary/aromatic N) is 3. The third-order valence-electron chi connectivity index (χ3n) is 3.50. The van der Waals surface area contributed by atoms with Crippen LogP contribution in [0.5, 0.6) is 0 Å². The van der Waals surface area contributed by atoms with E-state index in [1.807, 2.05) is 14.1 Å². The molecule has 7 heteroatoms. The first kappa shape index (κ1) is 15.4. The van der Waals surface area contributed by atoms with Gasteiger partial charge in [0.2, 0.25) is 5.91 Å². The molecule has 21 heavy (non-hydrogen) atoms. The maximum atomic E-state index is 12.0. The summed E-state index contributed by atoms with van der Waals surface area (Å²) in [7, 11) is 4.00. The molecule has 1 amide bonds. The molecule has 0 aromatic heterocycles. The van der Waals surface area contributed by atoms with Crippen LogP contribution in [0.2, 0.25) is 0 Å². The van der Waals surface area contributed by atoms with Crippen LogP contribution in [-0.2, 0) is 4.79 Å². The van der Waals surface area contributed by atoms with Gasteiger partial charge in [-0.25, -0.2) is 0 Å². The average molecular weight is 292 g/mol. The molecule has 1 aliphatic heterocycles. The van der Waals surface area contributed by atoms with E-state index in [0.717, 1.165) is 18.5 Å². The molecule has 1 aromatic carbocycles. The van der Waals surface area contributed by atoms with Gasteiger partial charge in [-0.05, 0) is 44.8 Å². The van der Waals surface area contributed by atoms with Crippen LogP contribution >= 0.6 is 0 Å². The summed E-state index contributed by atoms with van der Waals surface area (Å²) < 4.78 is 0. The van der Waals surface area contributed by atoms with Crippen molar-refractivity contribution in [1.29, 1.82) is 0 Å². The number of non-ortho nitro benzene ring substituents is 1. The molecule has 1 fully saturated rings. The van der Waals surface area contributed by atoms with Gasteiger partial charge in [-0.1, -0.05) is 0 Å². The highest BCUT2D eigenvalue weighted by atomic mass is 16.6. The maximum Gasteiger partial charge on any atom is 0.269 e. The Kier molecular flexibility index (Phi) is 4.87. The lowest BCUT2D eigenvalue weighted by atomic mass is 10.1. The van der Waals surface area contributed by atoms with Gasteiger partial charge in [-0.15, -0.1) is 0 Å². The van der Waals surface area contributed by atoms with E-state index < -0.39 is 4.92 Å². The van der Waals surface area contributed by atoms with Crippen molar-refractivity contribution in [3.8, 4) is 0 Å². The molecular weight excluding hydrogens is 272 g/mol. The standard InChI is InChI=1S/C14H20N4O3/c1-16(2)8-3-9-17-13(19)10-15-14(17)11-4-6-12(7-5-11)18(20)21/h4-7,14-15H,3,8-10H2,1-2H3. The molecule has 0 radical (unpaired) electrons. The molecule has 0 spiro atoms. The van der Waals surface area contributed by atoms with Crippen molar-refractivity contribution >= 4 is 11.6 Å². The number of amides is 1. The molecule has 1 atom stereocenters. The van der Waals surface area contributed by atoms with Crippen molar-refractivity contribution in [1.82, 2.24) is 15.1 Å². The smallest absolute Gasteiger partial charge is 0.269 e. The number of carbonyl (C=O) groups excluding carboxylic acids is 1. The van der Waals surface area contributed by atoms with Crippen LogP contribution < -0.4 is 5.32 Å². The predicted octanol–water partition coefficient (Wildman–Crippen LogP) is 0.977. The number of nitro benzene ring substituents is 1. The quantitative estimate of drug-likeness (QED) is 0.624. The van der Waals surface area contributed by atoms with Crippen molar-refractivity contribution in [3.05, 3.63) is 39.9 Å². The van der Waals surface area contributed by atoms with Crippen LogP contribution in [0.3, 0.4) is 0 Å². The molecule has 1 N–H and O–H groups in total. The van der Waals surface area contributed by atoms with Gasteiger partial charge in [0, 0.05) is 18.7 Å². The summed E-state index contributed by atoms with van der Waals surface area (Å²) in [5.41, 5.74) is 0.929. The van der Waals surface area contributed by atoms with E-state index in [4.69, 9.17) is 0 Å². The Balaban J connectivity index is 2.06. The Morgan fingerprint density at radius 2 is 2.05 bits per heavy atom. The zero-order valence-corrected chi connectivity index (χ0v) is 12.3. The van der Waals surface area contributed by atoms with E-state index in [1.165, 1.54) is 12.1 Å². The van der Waals surface area contributed by atoms with Gasteiger partial charge in [0.1, 0.15) is 6.17 Å². The van der Waals surface area contributed by atoms with E-state index in [-0.39, 0.29) is 17.8 Å². The molecule has 2 rings (SSSR count). The fraction of sp³-hybridized carbons (Fsp3) is 0.500. The lowest BCUT2D eigenvalue weighted by Gasteiger charge is -2.25. The van der Waals surface area contributed by atoms with Crippen LogP contribution in [-0.4, -0.2) is 54.4 Å². The van der Waals surface area contributed by atoms with Gasteiger partial charge in [-0.3, -0.25) is 20.2 Å². The first-order valence-electron chi connectivity index (χ1n) is 6.91. The van der Waals surface area contributed by atoms with Crippen LogP contribution in [0, 0.1) is 10.1 Å². The second-order valence-electron chi connectivity index (χ2n) is 5.38. The van der Waals surface area contributed by atoms with Crippen LogP contribution in [0.15, 0.2) is 24.3 Å². The highest BCUT2D eigenvalue weighted by Crippen LogP contribution is 2.24. The van der Waals surface area contributed by atoms with Crippen molar-refractivity contribution in [2.75, 3.05) is 33.7 Å². The van der Waals surface area contributed by atoms with E-state index in [0.29, 0.717) is 13.1 Å². The lowest BCUT2D eigenvalue weighted by Crippen LogP contribution is -2.32. The monoisotopic (exact) mass is 292 g/mol. The van der Waals surface area contributed by atoms with Gasteiger partial charge in [0.25, 0.3) is 5.69 Å². The molecule has 1 unspecified atom stereocenters. The minimum Gasteiger partial charge on any atom is -0.322 e. The highest BCUT2D eigenvalue weighted by molar-refractivity contribution is 5.80. The Labute approximate surface area is 123 Å². The van der Waals surface area contributed by atoms with Crippen molar-refractivity contribution < 1.29 is 9.72 Å². The Morgan fingerprint density at radius 3 is 2.62 bits per heavy atom. The minimum absolute atomic E-state index is 0.0576. The molecule has 0 bridgehead atoms. The molecule has 0 aliphatic carbocycles. The van der Waals surface area contributed by atoms with Gasteiger partial charge < -0.3 is 9.80 Å². The lowest BCUT2D eigenvalue weighted by molar-refractivity contribution is -0.384. The molecule has 1 heterocycles. The highest BCUT2D eigenvalue weighted by Gasteiger charge is 2.31. The summed E-state index contributed by atoms with van der Waals surface area (Å²) in [6, 6.07) is 6.34. The second kappa shape index (κ2) is 6.64. The number of carbonyl (C=O) groups is 1. The topological polar surface area (TPSA) is 78.7 Å². The first-order valence-corrected chi connectivity index (χ1v) is 6.91. The van der Waals surface area contributed by atoms with Gasteiger partial charge in [0.05, 0.1) is 11.5 Å². The number of rotatable bonds is 6. The van der Waals surface area contributed by atoms with Crippen LogP contribution in [0.25, 0.3) is 0 Å². The molecular formula is C14H20N4O3. The molecule has 1 aromatic rings. The third-order valence-corrected chi connectivity index (χ3v) is 3.50. The number of hydrogen-bond donors (Lipinski definition) is 1. The van der Waals surface area contributed by atoms with E-state index in [2.05, 4.69) is 10.2 Å². The Hall–Kier alpha value is -1.99. The summed E-state index contributed by atoms with van der Waals surface area (Å²) in [4.78, 5) is 26.1. The molecule has 0 saturated carbocycles. The fourth-order valence-electron chi connectivity index (χ4n) is 2.43. The number of hydrogen-bond acceptors (Lipinski definition) is 5. The minimum atomic E-state index is -0.425. The molecule has 1 saturated heterocycles. The largest absolute Gasteiger partial charge is 0.322 e. The summed E-state index contributed by atoms with van der Waals surface area (Å²) >= 11 is 0. The van der Waals surface area contributed by atoms with Gasteiger partial charge in [0.15, 0.2) is 0 Å². The summed E-state index contributed by atoms with van der Waals surface area (Å²) in [6.07, 6.45) is 0.699. The summed E-state index contributed by atoms with van der Waals surface area (Å²) in [5, 5.41) is 13.8. The van der Waals surface area contributed by atoms with Crippen molar-refractivity contribution in [2.45, 2.75) is 12.6 Å². The zero-order valence-electron chi connectivity index (χ0n) is 12.3. The van der Waals surface area contributed by atoms with Crippen LogP contribution in [0.4, 0.5) is 5.69 Å². The zero-order chi connectivity index (χ0) is 15.4. The SMILES string of the molecule is CN(C)CCCN1C(=O)CNC1c1ccc([N+](=O)[O-])cc1. The van der Waals surface area contributed by atoms with E-state index in [9.17, 15) is 14.9 Å². The van der Waals surface area contributed by atoms with E-state index in [1.54, 1.807) is 17.0 Å². The second-order valence-corrected chi connectivity index (χ2v) is 5.38. The first-order chi connectivity index (χ1) is 9.99. The average Bonchev–Trinajstić information content (AvgIpc) is 2.80. The number of nitro groups is 1. The number of nitrogens with one attached hydrogen (secondary N) is 1. The van der Waals surface area contributed by atoms with Crippen molar-refractivity contribution in [2.24, 2.45) is 0 Å². The van der Waals surface area contributed by atoms with Crippen molar-refractivity contribution in [3.63, 3.8) is 0 Å². The summed E-state index contributed by atoms with van der Waals surface area (Å²) in [6.45, 7) is 1.89. The van der Waals surface area contributed by atoms with Gasteiger partial charge >= 0.3 is 0 Å². The fourth-order valence-corrected chi connectivity index (χ4v) is 2.43. The predicted molar refractivity (Wildman–Crippen MR) is 78.7 cm³/mol. The normalized spacial score (nSPS) is 18.5. The van der Waals surface area contributed by atoms with E-state index >= 15 is 0 Å².